The summed E-state index contributed by atoms with van der Waals surface area (Å²) < 4.78 is 23.4. The van der Waals surface area contributed by atoms with Gasteiger partial charge in [0, 0.05) is 5.41 Å². The van der Waals surface area contributed by atoms with Crippen LogP contribution in [0.3, 0.4) is 0 Å². The van der Waals surface area contributed by atoms with E-state index in [2.05, 4.69) is 13.8 Å². The highest BCUT2D eigenvalue weighted by Crippen LogP contribution is 2.65. The maximum atomic E-state index is 12.4. The van der Waals surface area contributed by atoms with Gasteiger partial charge in [0.1, 0.15) is 0 Å². The Balaban J connectivity index is 1.99. The molecule has 0 spiro atoms. The molecule has 2 saturated heterocycles. The molecule has 2 aliphatic rings. The van der Waals surface area contributed by atoms with E-state index in [1.807, 2.05) is 0 Å². The van der Waals surface area contributed by atoms with Gasteiger partial charge in [-0.1, -0.05) is 13.8 Å². The highest BCUT2D eigenvalue weighted by molar-refractivity contribution is 8.24. The first kappa shape index (κ1) is 12.3. The molecule has 0 aromatic carbocycles. The van der Waals surface area contributed by atoms with E-state index in [1.54, 1.807) is 23.5 Å². The van der Waals surface area contributed by atoms with Gasteiger partial charge >= 0.3 is 7.60 Å². The molecule has 0 bridgehead atoms. The van der Waals surface area contributed by atoms with Crippen LogP contribution in [0.5, 0.6) is 0 Å². The van der Waals surface area contributed by atoms with Crippen LogP contribution in [0.2, 0.25) is 0 Å². The largest absolute Gasteiger partial charge is 0.353 e. The Labute approximate surface area is 99.6 Å². The summed E-state index contributed by atoms with van der Waals surface area (Å²) in [4.78, 5) is 0. The first-order chi connectivity index (χ1) is 7.02. The number of thioether (sulfide) groups is 2. The van der Waals surface area contributed by atoms with E-state index in [-0.39, 0.29) is 9.74 Å². The number of hydrogen-bond donors (Lipinski definition) is 0. The van der Waals surface area contributed by atoms with Crippen LogP contribution in [0.25, 0.3) is 0 Å². The first-order valence-electron chi connectivity index (χ1n) is 5.14. The average Bonchev–Trinajstić information content (AvgIpc) is 2.24. The van der Waals surface area contributed by atoms with Crippen LogP contribution >= 0.6 is 31.1 Å². The molecule has 0 unspecified atom stereocenters. The van der Waals surface area contributed by atoms with Gasteiger partial charge in [-0.2, -0.15) is 0 Å². The molecule has 0 saturated carbocycles. The second kappa shape index (κ2) is 4.61. The zero-order valence-corrected chi connectivity index (χ0v) is 11.6. The fourth-order valence-electron chi connectivity index (χ4n) is 1.39. The third-order valence-electron chi connectivity index (χ3n) is 2.34. The summed E-state index contributed by atoms with van der Waals surface area (Å²) >= 11 is 3.44. The van der Waals surface area contributed by atoms with Crippen molar-refractivity contribution < 1.29 is 13.6 Å². The third kappa shape index (κ3) is 2.95. The number of rotatable bonds is 1. The van der Waals surface area contributed by atoms with E-state index in [4.69, 9.17) is 9.05 Å². The molecule has 0 N–H and O–H groups in total. The van der Waals surface area contributed by atoms with Crippen molar-refractivity contribution in [3.05, 3.63) is 0 Å². The summed E-state index contributed by atoms with van der Waals surface area (Å²) in [6, 6.07) is 0. The zero-order valence-electron chi connectivity index (χ0n) is 9.10. The summed E-state index contributed by atoms with van der Waals surface area (Å²) in [7, 11) is -2.84. The molecular weight excluding hydrogens is 251 g/mol. The summed E-state index contributed by atoms with van der Waals surface area (Å²) in [6.45, 7) is 5.22. The van der Waals surface area contributed by atoms with Crippen LogP contribution in [0.15, 0.2) is 0 Å². The lowest BCUT2D eigenvalue weighted by molar-refractivity contribution is 0.0425. The van der Waals surface area contributed by atoms with E-state index in [0.29, 0.717) is 13.2 Å². The minimum absolute atomic E-state index is 0.00207. The maximum absolute atomic E-state index is 12.4. The van der Waals surface area contributed by atoms with Gasteiger partial charge in [0.25, 0.3) is 0 Å². The van der Waals surface area contributed by atoms with E-state index < -0.39 is 7.60 Å². The molecule has 2 aliphatic heterocycles. The second-order valence-corrected chi connectivity index (χ2v) is 10.2. The predicted octanol–water partition coefficient (Wildman–Crippen LogP) is 3.41. The highest BCUT2D eigenvalue weighted by Gasteiger charge is 2.44. The van der Waals surface area contributed by atoms with E-state index in [9.17, 15) is 4.57 Å². The molecule has 0 atom stereocenters. The molecule has 0 aliphatic carbocycles. The van der Waals surface area contributed by atoms with Crippen molar-refractivity contribution >= 4 is 31.1 Å². The molecule has 2 fully saturated rings. The molecule has 6 heteroatoms. The Morgan fingerprint density at radius 2 is 1.73 bits per heavy atom. The molecule has 0 radical (unpaired) electrons. The summed E-state index contributed by atoms with van der Waals surface area (Å²) in [5.74, 6) is 2.13. The lowest BCUT2D eigenvalue weighted by Crippen LogP contribution is -2.31. The van der Waals surface area contributed by atoms with Crippen molar-refractivity contribution in [3.63, 3.8) is 0 Å². The summed E-state index contributed by atoms with van der Waals surface area (Å²) in [5, 5.41) is 0. The Bertz CT molecular complexity index is 263. The fraction of sp³-hybridized carbons (Fsp3) is 1.00. The molecule has 15 heavy (non-hydrogen) atoms. The van der Waals surface area contributed by atoms with Crippen LogP contribution in [0.1, 0.15) is 20.3 Å². The van der Waals surface area contributed by atoms with Gasteiger partial charge in [-0.25, -0.2) is 0 Å². The van der Waals surface area contributed by atoms with Gasteiger partial charge in [-0.15, -0.1) is 23.5 Å². The standard InChI is InChI=1S/C9H17O3PS2/c1-9(2)6-11-13(10,12-7-9)8-14-4-3-5-15-8/h8H,3-7H2,1-2H3. The van der Waals surface area contributed by atoms with Crippen molar-refractivity contribution in [2.45, 2.75) is 24.6 Å². The van der Waals surface area contributed by atoms with Crippen LogP contribution < -0.4 is 0 Å². The van der Waals surface area contributed by atoms with Crippen LogP contribution in [0, 0.1) is 5.41 Å². The Hall–Kier alpha value is 0.850. The molecule has 3 nitrogen and oxygen atoms in total. The lowest BCUT2D eigenvalue weighted by Gasteiger charge is -2.37. The van der Waals surface area contributed by atoms with Crippen molar-refractivity contribution in [2.24, 2.45) is 5.41 Å². The van der Waals surface area contributed by atoms with E-state index in [1.165, 1.54) is 6.42 Å². The van der Waals surface area contributed by atoms with Crippen molar-refractivity contribution in [3.8, 4) is 0 Å². The second-order valence-electron chi connectivity index (χ2n) is 4.65. The van der Waals surface area contributed by atoms with Crippen molar-refractivity contribution in [2.75, 3.05) is 24.7 Å². The average molecular weight is 268 g/mol. The Morgan fingerprint density at radius 3 is 2.27 bits per heavy atom. The van der Waals surface area contributed by atoms with Crippen LogP contribution in [0.4, 0.5) is 0 Å². The monoisotopic (exact) mass is 268 g/mol. The molecule has 88 valence electrons. The maximum Gasteiger partial charge on any atom is 0.353 e. The van der Waals surface area contributed by atoms with Gasteiger partial charge in [0.05, 0.1) is 13.2 Å². The zero-order chi connectivity index (χ0) is 10.9. The van der Waals surface area contributed by atoms with Crippen LogP contribution in [-0.2, 0) is 13.6 Å². The fourth-order valence-corrected chi connectivity index (χ4v) is 7.76. The first-order valence-corrected chi connectivity index (χ1v) is 8.85. The summed E-state index contributed by atoms with van der Waals surface area (Å²) in [5.41, 5.74) is -0.00207. The number of hydrogen-bond acceptors (Lipinski definition) is 5. The summed E-state index contributed by atoms with van der Waals surface area (Å²) in [6.07, 6.45) is 1.19. The molecule has 2 rings (SSSR count). The minimum atomic E-state index is -2.84. The van der Waals surface area contributed by atoms with Gasteiger partial charge in [0.15, 0.2) is 4.32 Å². The molecular formula is C9H17O3PS2. The lowest BCUT2D eigenvalue weighted by atomic mass is 9.97. The minimum Gasteiger partial charge on any atom is -0.307 e. The van der Waals surface area contributed by atoms with Crippen molar-refractivity contribution in [1.29, 1.82) is 0 Å². The van der Waals surface area contributed by atoms with Gasteiger partial charge < -0.3 is 9.05 Å². The van der Waals surface area contributed by atoms with Crippen molar-refractivity contribution in [1.82, 2.24) is 0 Å². The van der Waals surface area contributed by atoms with Crippen LogP contribution in [-0.4, -0.2) is 29.0 Å². The smallest absolute Gasteiger partial charge is 0.307 e. The molecule has 2 heterocycles. The molecule has 0 aromatic heterocycles. The quantitative estimate of drug-likeness (QED) is 0.681. The molecule has 0 aromatic rings. The third-order valence-corrected chi connectivity index (χ3v) is 8.71. The topological polar surface area (TPSA) is 35.5 Å². The SMILES string of the molecule is CC1(C)COP(=O)(C2SCCCS2)OC1. The van der Waals surface area contributed by atoms with E-state index >= 15 is 0 Å². The highest BCUT2D eigenvalue weighted by atomic mass is 32.2. The van der Waals surface area contributed by atoms with Gasteiger partial charge in [-0.3, -0.25) is 4.57 Å². The Kier molecular flexibility index (Phi) is 3.79. The molecule has 0 amide bonds. The predicted molar refractivity (Wildman–Crippen MR) is 66.6 cm³/mol. The normalized spacial score (nSPS) is 31.3. The Morgan fingerprint density at radius 1 is 1.20 bits per heavy atom. The van der Waals surface area contributed by atoms with E-state index in [0.717, 1.165) is 11.5 Å². The van der Waals surface area contributed by atoms with Gasteiger partial charge in [-0.05, 0) is 17.9 Å². The van der Waals surface area contributed by atoms with Gasteiger partial charge in [0.2, 0.25) is 0 Å².